The van der Waals surface area contributed by atoms with Crippen LogP contribution in [0.5, 0.6) is 0 Å². The fourth-order valence-electron chi connectivity index (χ4n) is 3.54. The van der Waals surface area contributed by atoms with E-state index in [4.69, 9.17) is 0 Å². The van der Waals surface area contributed by atoms with Crippen LogP contribution in [0.4, 0.5) is 0 Å². The minimum Gasteiger partial charge on any atom is -0.333 e. The maximum atomic E-state index is 4.50. The fraction of sp³-hybridized carbons (Fsp3) is 1.00. The molecule has 2 saturated carbocycles. The van der Waals surface area contributed by atoms with Crippen molar-refractivity contribution in [3.8, 4) is 0 Å². The molecule has 0 radical (unpaired) electrons. The third-order valence-electron chi connectivity index (χ3n) is 6.63. The van der Waals surface area contributed by atoms with Gasteiger partial charge in [0.25, 0.3) is 0 Å². The molecule has 2 aliphatic rings. The van der Waals surface area contributed by atoms with Crippen LogP contribution in [-0.2, 0) is 0 Å². The largest absolute Gasteiger partial charge is 0.333 e. The lowest BCUT2D eigenvalue weighted by Crippen LogP contribution is -2.39. The highest BCUT2D eigenvalue weighted by Crippen LogP contribution is 2.45. The molecule has 1 nitrogen and oxygen atoms in total. The van der Waals surface area contributed by atoms with Crippen LogP contribution in [0.15, 0.2) is 0 Å². The average molecular weight is 288 g/mol. The van der Waals surface area contributed by atoms with E-state index >= 15 is 0 Å². The standard InChI is InChI=1S/2C8H16.CH5N.2CH4/c2*1-5-6(2)8(4)7(5)3;1-2;;/h2*5-8H,1-4H3;2H2,1H3;2*1H4. The van der Waals surface area contributed by atoms with E-state index < -0.39 is 0 Å². The second-order valence-electron chi connectivity index (χ2n) is 6.87. The van der Waals surface area contributed by atoms with Crippen LogP contribution in [0.25, 0.3) is 0 Å². The number of hydrogen-bond acceptors (Lipinski definition) is 1. The second kappa shape index (κ2) is 10.7. The molecule has 2 aliphatic carbocycles. The molecule has 0 heterocycles. The van der Waals surface area contributed by atoms with Gasteiger partial charge < -0.3 is 5.73 Å². The van der Waals surface area contributed by atoms with Crippen molar-refractivity contribution in [2.24, 2.45) is 53.1 Å². The molecule has 20 heavy (non-hydrogen) atoms. The molecule has 0 bridgehead atoms. The number of hydrogen-bond donors (Lipinski definition) is 1. The summed E-state index contributed by atoms with van der Waals surface area (Å²) >= 11 is 0. The van der Waals surface area contributed by atoms with E-state index in [-0.39, 0.29) is 14.9 Å². The quantitative estimate of drug-likeness (QED) is 0.586. The molecule has 2 N–H and O–H groups in total. The van der Waals surface area contributed by atoms with Crippen molar-refractivity contribution >= 4 is 0 Å². The van der Waals surface area contributed by atoms with Crippen molar-refractivity contribution in [2.75, 3.05) is 7.05 Å². The first-order valence-corrected chi connectivity index (χ1v) is 7.86. The van der Waals surface area contributed by atoms with E-state index in [1.165, 1.54) is 7.05 Å². The maximum Gasteiger partial charge on any atom is -0.0195 e. The highest BCUT2D eigenvalue weighted by Gasteiger charge is 2.38. The van der Waals surface area contributed by atoms with Crippen LogP contribution >= 0.6 is 0 Å². The monoisotopic (exact) mass is 287 g/mol. The molecular weight excluding hydrogens is 242 g/mol. The summed E-state index contributed by atoms with van der Waals surface area (Å²) in [6.45, 7) is 18.9. The first-order valence-electron chi connectivity index (χ1n) is 7.86. The molecule has 0 spiro atoms. The second-order valence-corrected chi connectivity index (χ2v) is 6.87. The summed E-state index contributed by atoms with van der Waals surface area (Å²) in [6.07, 6.45) is 0. The van der Waals surface area contributed by atoms with E-state index in [0.717, 1.165) is 47.3 Å². The van der Waals surface area contributed by atoms with Gasteiger partial charge in [0.1, 0.15) is 0 Å². The summed E-state index contributed by atoms with van der Waals surface area (Å²) in [7, 11) is 1.50. The molecular formula is C19H45N. The average Bonchev–Trinajstić information content (AvgIpc) is 2.45. The summed E-state index contributed by atoms with van der Waals surface area (Å²) < 4.78 is 0. The van der Waals surface area contributed by atoms with Gasteiger partial charge in [0.05, 0.1) is 0 Å². The topological polar surface area (TPSA) is 26.0 Å². The van der Waals surface area contributed by atoms with E-state index in [2.05, 4.69) is 61.1 Å². The Bertz CT molecular complexity index is 138. The molecule has 0 aromatic carbocycles. The molecule has 0 amide bonds. The first kappa shape index (κ1) is 24.9. The van der Waals surface area contributed by atoms with Gasteiger partial charge in [-0.1, -0.05) is 70.2 Å². The van der Waals surface area contributed by atoms with Gasteiger partial charge >= 0.3 is 0 Å². The van der Waals surface area contributed by atoms with E-state index in [9.17, 15) is 0 Å². The predicted molar refractivity (Wildman–Crippen MR) is 96.9 cm³/mol. The first-order chi connectivity index (χ1) is 8.29. The van der Waals surface area contributed by atoms with Gasteiger partial charge in [-0.3, -0.25) is 0 Å². The Hall–Kier alpha value is -0.0400. The minimum atomic E-state index is 0. The summed E-state index contributed by atoms with van der Waals surface area (Å²) in [5, 5.41) is 0. The molecule has 0 aromatic rings. The summed E-state index contributed by atoms with van der Waals surface area (Å²) in [5.41, 5.74) is 4.50. The van der Waals surface area contributed by atoms with Gasteiger partial charge in [-0.25, -0.2) is 0 Å². The van der Waals surface area contributed by atoms with Crippen LogP contribution in [-0.4, -0.2) is 7.05 Å². The molecule has 126 valence electrons. The number of rotatable bonds is 0. The smallest absolute Gasteiger partial charge is 0.0195 e. The maximum absolute atomic E-state index is 4.50. The lowest BCUT2D eigenvalue weighted by Gasteiger charge is -2.45. The van der Waals surface area contributed by atoms with Crippen LogP contribution in [0.3, 0.4) is 0 Å². The molecule has 0 aromatic heterocycles. The van der Waals surface area contributed by atoms with Gasteiger partial charge in [0.2, 0.25) is 0 Å². The zero-order chi connectivity index (χ0) is 14.6. The molecule has 0 aliphatic heterocycles. The predicted octanol–water partition coefficient (Wildman–Crippen LogP) is 5.94. The van der Waals surface area contributed by atoms with Crippen molar-refractivity contribution in [1.29, 1.82) is 0 Å². The van der Waals surface area contributed by atoms with Crippen LogP contribution < -0.4 is 5.73 Å². The van der Waals surface area contributed by atoms with E-state index in [1.807, 2.05) is 0 Å². The summed E-state index contributed by atoms with van der Waals surface area (Å²) in [4.78, 5) is 0. The van der Waals surface area contributed by atoms with Gasteiger partial charge in [-0.2, -0.15) is 0 Å². The van der Waals surface area contributed by atoms with E-state index in [0.29, 0.717) is 0 Å². The van der Waals surface area contributed by atoms with Crippen LogP contribution in [0.2, 0.25) is 0 Å². The minimum absolute atomic E-state index is 0. The lowest BCUT2D eigenvalue weighted by atomic mass is 9.60. The Morgan fingerprint density at radius 1 is 0.350 bits per heavy atom. The zero-order valence-corrected chi connectivity index (χ0v) is 14.2. The molecule has 0 atom stereocenters. The Morgan fingerprint density at radius 2 is 0.400 bits per heavy atom. The highest BCUT2D eigenvalue weighted by atomic mass is 14.4. The highest BCUT2D eigenvalue weighted by molar-refractivity contribution is 4.87. The number of nitrogens with two attached hydrogens (primary N) is 1. The molecule has 2 fully saturated rings. The van der Waals surface area contributed by atoms with Gasteiger partial charge in [0.15, 0.2) is 0 Å². The van der Waals surface area contributed by atoms with Crippen LogP contribution in [0.1, 0.15) is 70.2 Å². The normalized spacial score (nSPS) is 44.7. The third kappa shape index (κ3) is 5.06. The Morgan fingerprint density at radius 3 is 0.450 bits per heavy atom. The SMILES string of the molecule is C.C.CC1C(C)C(C)C1C.CC1C(C)C(C)C1C.CN. The van der Waals surface area contributed by atoms with Gasteiger partial charge in [0, 0.05) is 0 Å². The summed E-state index contributed by atoms with van der Waals surface area (Å²) in [6, 6.07) is 0. The summed E-state index contributed by atoms with van der Waals surface area (Å²) in [5.74, 6) is 7.81. The molecule has 0 saturated heterocycles. The third-order valence-corrected chi connectivity index (χ3v) is 6.63. The zero-order valence-electron chi connectivity index (χ0n) is 14.2. The fourth-order valence-corrected chi connectivity index (χ4v) is 3.54. The van der Waals surface area contributed by atoms with Gasteiger partial charge in [-0.05, 0) is 54.4 Å². The van der Waals surface area contributed by atoms with Crippen molar-refractivity contribution in [2.45, 2.75) is 70.2 Å². The van der Waals surface area contributed by atoms with Crippen molar-refractivity contribution < 1.29 is 0 Å². The Labute approximate surface area is 131 Å². The lowest BCUT2D eigenvalue weighted by molar-refractivity contribution is 0.0302. The molecule has 2 rings (SSSR count). The van der Waals surface area contributed by atoms with Crippen molar-refractivity contribution in [1.82, 2.24) is 0 Å². The van der Waals surface area contributed by atoms with Gasteiger partial charge in [-0.15, -0.1) is 0 Å². The molecule has 1 heteroatoms. The molecule has 0 unspecified atom stereocenters. The van der Waals surface area contributed by atoms with Crippen molar-refractivity contribution in [3.05, 3.63) is 0 Å². The van der Waals surface area contributed by atoms with Crippen molar-refractivity contribution in [3.63, 3.8) is 0 Å². The Balaban J connectivity index is -0.000000236. The van der Waals surface area contributed by atoms with E-state index in [1.54, 1.807) is 0 Å². The van der Waals surface area contributed by atoms with Crippen LogP contribution in [0, 0.1) is 47.3 Å². The Kier molecular flexibility index (Phi) is 13.3.